The largest absolute Gasteiger partial charge is 0.395 e. The molecule has 0 aromatic heterocycles. The summed E-state index contributed by atoms with van der Waals surface area (Å²) in [6.07, 6.45) is 0.644. The highest BCUT2D eigenvalue weighted by atomic mass is 16.3. The van der Waals surface area contributed by atoms with Crippen LogP contribution in [0.2, 0.25) is 0 Å². The van der Waals surface area contributed by atoms with E-state index >= 15 is 0 Å². The number of likely N-dealkylation sites (tertiary alicyclic amines) is 1. The van der Waals surface area contributed by atoms with Crippen LogP contribution in [0, 0.1) is 0 Å². The summed E-state index contributed by atoms with van der Waals surface area (Å²) in [4.78, 5) is 36.8. The van der Waals surface area contributed by atoms with Crippen molar-refractivity contribution in [3.05, 3.63) is 0 Å². The van der Waals surface area contributed by atoms with Crippen molar-refractivity contribution in [3.63, 3.8) is 0 Å². The lowest BCUT2D eigenvalue weighted by Gasteiger charge is -2.27. The summed E-state index contributed by atoms with van der Waals surface area (Å²) in [5.41, 5.74) is 0. The highest BCUT2D eigenvalue weighted by Crippen LogP contribution is 2.06. The zero-order valence-corrected chi connectivity index (χ0v) is 9.31. The van der Waals surface area contributed by atoms with Gasteiger partial charge < -0.3 is 14.9 Å². The topological polar surface area (TPSA) is 77.9 Å². The Morgan fingerprint density at radius 2 is 1.94 bits per heavy atom. The number of nitrogens with zero attached hydrogens (tertiary/aromatic N) is 2. The van der Waals surface area contributed by atoms with Crippen molar-refractivity contribution in [2.45, 2.75) is 12.8 Å². The number of aliphatic hydroxyl groups excluding tert-OH is 1. The summed E-state index contributed by atoms with van der Waals surface area (Å²) in [5, 5.41) is 8.65. The van der Waals surface area contributed by atoms with E-state index in [-0.39, 0.29) is 18.9 Å². The first kappa shape index (κ1) is 12.6. The third-order valence-corrected chi connectivity index (χ3v) is 2.57. The molecule has 1 heterocycles. The maximum atomic E-state index is 11.7. The highest BCUT2D eigenvalue weighted by Gasteiger charge is 2.27. The van der Waals surface area contributed by atoms with Crippen LogP contribution in [0.4, 0.5) is 0 Å². The Kier molecular flexibility index (Phi) is 4.42. The van der Waals surface area contributed by atoms with Gasteiger partial charge in [-0.1, -0.05) is 0 Å². The Morgan fingerprint density at radius 3 is 2.44 bits per heavy atom. The standard InChI is InChI=1S/C10H16N2O4/c1-11(6-7-13)9(15)10(16)12-4-2-8(14)3-5-12/h13H,2-7H2,1H3. The van der Waals surface area contributed by atoms with E-state index in [0.29, 0.717) is 25.9 Å². The van der Waals surface area contributed by atoms with Crippen molar-refractivity contribution in [2.75, 3.05) is 33.3 Å². The molecule has 6 nitrogen and oxygen atoms in total. The fourth-order valence-electron chi connectivity index (χ4n) is 1.51. The summed E-state index contributed by atoms with van der Waals surface area (Å²) in [6.45, 7) is 0.595. The molecule has 0 aromatic carbocycles. The Balaban J connectivity index is 2.50. The van der Waals surface area contributed by atoms with Gasteiger partial charge in [-0.05, 0) is 0 Å². The second kappa shape index (κ2) is 5.60. The van der Waals surface area contributed by atoms with Crippen molar-refractivity contribution in [1.29, 1.82) is 0 Å². The zero-order chi connectivity index (χ0) is 12.1. The number of likely N-dealkylation sites (N-methyl/N-ethyl adjacent to an activating group) is 1. The molecule has 0 radical (unpaired) electrons. The van der Waals surface area contributed by atoms with E-state index in [1.165, 1.54) is 16.8 Å². The molecular formula is C10H16N2O4. The van der Waals surface area contributed by atoms with Crippen LogP contribution in [-0.2, 0) is 14.4 Å². The van der Waals surface area contributed by atoms with E-state index in [0.717, 1.165) is 0 Å². The van der Waals surface area contributed by atoms with Crippen molar-refractivity contribution < 1.29 is 19.5 Å². The molecule has 0 spiro atoms. The van der Waals surface area contributed by atoms with Crippen molar-refractivity contribution in [2.24, 2.45) is 0 Å². The molecule has 0 unspecified atom stereocenters. The van der Waals surface area contributed by atoms with Crippen LogP contribution in [0.15, 0.2) is 0 Å². The van der Waals surface area contributed by atoms with Gasteiger partial charge in [0, 0.05) is 39.5 Å². The normalized spacial score (nSPS) is 16.1. The van der Waals surface area contributed by atoms with E-state index in [1.54, 1.807) is 0 Å². The number of carbonyl (C=O) groups is 3. The molecule has 1 aliphatic rings. The molecule has 0 saturated carbocycles. The number of hydrogen-bond donors (Lipinski definition) is 1. The monoisotopic (exact) mass is 228 g/mol. The lowest BCUT2D eigenvalue weighted by Crippen LogP contribution is -2.47. The molecule has 1 N–H and O–H groups in total. The van der Waals surface area contributed by atoms with Crippen LogP contribution in [0.25, 0.3) is 0 Å². The molecule has 1 saturated heterocycles. The van der Waals surface area contributed by atoms with Crippen LogP contribution in [-0.4, -0.2) is 65.8 Å². The molecule has 1 aliphatic heterocycles. The molecule has 16 heavy (non-hydrogen) atoms. The fourth-order valence-corrected chi connectivity index (χ4v) is 1.51. The van der Waals surface area contributed by atoms with E-state index in [9.17, 15) is 14.4 Å². The van der Waals surface area contributed by atoms with Crippen molar-refractivity contribution in [3.8, 4) is 0 Å². The zero-order valence-electron chi connectivity index (χ0n) is 9.31. The molecule has 1 fully saturated rings. The molecule has 6 heteroatoms. The maximum Gasteiger partial charge on any atom is 0.312 e. The maximum absolute atomic E-state index is 11.7. The third-order valence-electron chi connectivity index (χ3n) is 2.57. The lowest BCUT2D eigenvalue weighted by atomic mass is 10.1. The minimum atomic E-state index is -0.636. The number of aliphatic hydroxyl groups is 1. The number of carbonyl (C=O) groups excluding carboxylic acids is 3. The predicted molar refractivity (Wildman–Crippen MR) is 55.5 cm³/mol. The van der Waals surface area contributed by atoms with Gasteiger partial charge in [-0.2, -0.15) is 0 Å². The van der Waals surface area contributed by atoms with Gasteiger partial charge >= 0.3 is 11.8 Å². The van der Waals surface area contributed by atoms with Gasteiger partial charge in [0.15, 0.2) is 0 Å². The number of amides is 2. The van der Waals surface area contributed by atoms with E-state index in [2.05, 4.69) is 0 Å². The average molecular weight is 228 g/mol. The molecule has 1 rings (SSSR count). The molecule has 2 amide bonds. The summed E-state index contributed by atoms with van der Waals surface area (Å²) in [7, 11) is 1.46. The first-order chi connectivity index (χ1) is 7.56. The predicted octanol–water partition coefficient (Wildman–Crippen LogP) is -1.37. The van der Waals surface area contributed by atoms with Gasteiger partial charge in [-0.3, -0.25) is 14.4 Å². The number of Topliss-reactive ketones (excluding diaryl/α,β-unsaturated/α-hetero) is 1. The first-order valence-corrected chi connectivity index (χ1v) is 5.23. The second-order valence-electron chi connectivity index (χ2n) is 3.78. The van der Waals surface area contributed by atoms with Crippen LogP contribution >= 0.6 is 0 Å². The third kappa shape index (κ3) is 3.03. The minimum absolute atomic E-state index is 0.125. The number of ketones is 1. The number of rotatable bonds is 2. The lowest BCUT2D eigenvalue weighted by molar-refractivity contribution is -0.152. The van der Waals surface area contributed by atoms with Gasteiger partial charge in [-0.15, -0.1) is 0 Å². The van der Waals surface area contributed by atoms with Gasteiger partial charge in [0.1, 0.15) is 5.78 Å². The molecule has 0 aliphatic carbocycles. The van der Waals surface area contributed by atoms with E-state index < -0.39 is 11.8 Å². The summed E-state index contributed by atoms with van der Waals surface area (Å²) < 4.78 is 0. The van der Waals surface area contributed by atoms with Crippen LogP contribution in [0.1, 0.15) is 12.8 Å². The smallest absolute Gasteiger partial charge is 0.312 e. The Hall–Kier alpha value is -1.43. The Labute approximate surface area is 93.8 Å². The molecule has 90 valence electrons. The van der Waals surface area contributed by atoms with Crippen LogP contribution in [0.5, 0.6) is 0 Å². The molecule has 0 atom stereocenters. The average Bonchev–Trinajstić information content (AvgIpc) is 2.28. The number of hydrogen-bond acceptors (Lipinski definition) is 4. The summed E-state index contributed by atoms with van der Waals surface area (Å²) in [5.74, 6) is -1.10. The first-order valence-electron chi connectivity index (χ1n) is 5.23. The van der Waals surface area contributed by atoms with E-state index in [4.69, 9.17) is 5.11 Å². The van der Waals surface area contributed by atoms with Crippen molar-refractivity contribution >= 4 is 17.6 Å². The van der Waals surface area contributed by atoms with Gasteiger partial charge in [0.2, 0.25) is 0 Å². The van der Waals surface area contributed by atoms with Gasteiger partial charge in [0.05, 0.1) is 6.61 Å². The van der Waals surface area contributed by atoms with Crippen molar-refractivity contribution in [1.82, 2.24) is 9.80 Å². The van der Waals surface area contributed by atoms with Gasteiger partial charge in [0.25, 0.3) is 0 Å². The number of piperidine rings is 1. The van der Waals surface area contributed by atoms with Crippen LogP contribution in [0.3, 0.4) is 0 Å². The summed E-state index contributed by atoms with van der Waals surface area (Å²) >= 11 is 0. The van der Waals surface area contributed by atoms with Crippen LogP contribution < -0.4 is 0 Å². The molecule has 0 bridgehead atoms. The molecular weight excluding hydrogens is 212 g/mol. The van der Waals surface area contributed by atoms with Gasteiger partial charge in [-0.25, -0.2) is 0 Å². The summed E-state index contributed by atoms with van der Waals surface area (Å²) in [6, 6.07) is 0. The second-order valence-corrected chi connectivity index (χ2v) is 3.78. The Bertz CT molecular complexity index is 293. The Morgan fingerprint density at radius 1 is 1.38 bits per heavy atom. The molecule has 0 aromatic rings. The minimum Gasteiger partial charge on any atom is -0.395 e. The SMILES string of the molecule is CN(CCO)C(=O)C(=O)N1CCC(=O)CC1. The fraction of sp³-hybridized carbons (Fsp3) is 0.700. The quantitative estimate of drug-likeness (QED) is 0.591. The highest BCUT2D eigenvalue weighted by molar-refractivity contribution is 6.34. The van der Waals surface area contributed by atoms with E-state index in [1.807, 2.05) is 0 Å².